The number of carboxylic acids is 2. The summed E-state index contributed by atoms with van der Waals surface area (Å²) in [7, 11) is 0. The molecule has 0 amide bonds. The first-order valence-electron chi connectivity index (χ1n) is 8.00. The third-order valence-electron chi connectivity index (χ3n) is 3.67. The lowest BCUT2D eigenvalue weighted by Gasteiger charge is -2.08. The minimum atomic E-state index is -1.66. The Morgan fingerprint density at radius 1 is 0.762 bits per heavy atom. The number of hydrogen-bond acceptors (Lipinski definition) is 3. The lowest BCUT2D eigenvalue weighted by atomic mass is 9.96. The molecule has 0 fully saturated rings. The Balaban J connectivity index is 3.62. The Morgan fingerprint density at radius 3 is 1.57 bits per heavy atom. The van der Waals surface area contributed by atoms with Crippen LogP contribution < -0.4 is 0 Å². The van der Waals surface area contributed by atoms with E-state index >= 15 is 0 Å². The number of Topliss-reactive ketones (excluding diaryl/α,β-unsaturated/α-hetero) is 1. The average molecular weight is 300 g/mol. The molecule has 0 saturated carbocycles. The molecule has 0 aromatic heterocycles. The standard InChI is InChI=1S/C16H28O5/c1-2-3-4-5-6-7-8-9-10-11-12-13(15(18)19)14(17)16(20)21/h13H,2-12H2,1H3,(H,18,19)(H,20,21). The number of carboxylic acid groups (broad SMARTS) is 2. The van der Waals surface area contributed by atoms with Crippen molar-refractivity contribution >= 4 is 17.7 Å². The van der Waals surface area contributed by atoms with E-state index in [1.165, 1.54) is 38.5 Å². The molecule has 1 atom stereocenters. The highest BCUT2D eigenvalue weighted by Crippen LogP contribution is 2.15. The van der Waals surface area contributed by atoms with E-state index in [1.807, 2.05) is 0 Å². The van der Waals surface area contributed by atoms with Crippen LogP contribution >= 0.6 is 0 Å². The molecule has 122 valence electrons. The molecule has 1 unspecified atom stereocenters. The molecule has 0 aromatic rings. The van der Waals surface area contributed by atoms with Crippen LogP contribution in [0.1, 0.15) is 77.6 Å². The van der Waals surface area contributed by atoms with Gasteiger partial charge >= 0.3 is 11.9 Å². The highest BCUT2D eigenvalue weighted by Gasteiger charge is 2.30. The fourth-order valence-corrected chi connectivity index (χ4v) is 2.35. The first-order valence-corrected chi connectivity index (χ1v) is 8.00. The van der Waals surface area contributed by atoms with Crippen LogP contribution in [0.15, 0.2) is 0 Å². The molecule has 0 heterocycles. The maximum atomic E-state index is 11.2. The van der Waals surface area contributed by atoms with Crippen LogP contribution in [0.4, 0.5) is 0 Å². The van der Waals surface area contributed by atoms with E-state index in [1.54, 1.807) is 0 Å². The largest absolute Gasteiger partial charge is 0.481 e. The van der Waals surface area contributed by atoms with Gasteiger partial charge in [-0.1, -0.05) is 71.1 Å². The summed E-state index contributed by atoms with van der Waals surface area (Å²) in [5.74, 6) is -5.59. The summed E-state index contributed by atoms with van der Waals surface area (Å²) in [6.45, 7) is 2.19. The van der Waals surface area contributed by atoms with E-state index in [9.17, 15) is 14.4 Å². The average Bonchev–Trinajstić information content (AvgIpc) is 2.43. The summed E-state index contributed by atoms with van der Waals surface area (Å²) >= 11 is 0. The molecule has 21 heavy (non-hydrogen) atoms. The molecule has 0 rings (SSSR count). The molecular weight excluding hydrogens is 272 g/mol. The molecule has 2 N–H and O–H groups in total. The van der Waals surface area contributed by atoms with Gasteiger partial charge in [-0.2, -0.15) is 0 Å². The van der Waals surface area contributed by atoms with Gasteiger partial charge in [0.2, 0.25) is 0 Å². The summed E-state index contributed by atoms with van der Waals surface area (Å²) in [5, 5.41) is 17.4. The molecule has 0 aliphatic rings. The summed E-state index contributed by atoms with van der Waals surface area (Å²) in [4.78, 5) is 32.6. The lowest BCUT2D eigenvalue weighted by Crippen LogP contribution is -2.29. The normalized spacial score (nSPS) is 12.0. The minimum absolute atomic E-state index is 0.122. The van der Waals surface area contributed by atoms with E-state index < -0.39 is 23.6 Å². The van der Waals surface area contributed by atoms with Crippen LogP contribution in [-0.2, 0) is 14.4 Å². The first kappa shape index (κ1) is 19.6. The smallest absolute Gasteiger partial charge is 0.373 e. The second kappa shape index (κ2) is 12.4. The molecule has 0 radical (unpaired) electrons. The van der Waals surface area contributed by atoms with Gasteiger partial charge in [-0.3, -0.25) is 9.59 Å². The molecule has 0 aromatic carbocycles. The molecule has 0 spiro atoms. The van der Waals surface area contributed by atoms with Crippen LogP contribution in [-0.4, -0.2) is 27.9 Å². The van der Waals surface area contributed by atoms with Crippen molar-refractivity contribution in [2.75, 3.05) is 0 Å². The van der Waals surface area contributed by atoms with E-state index in [0.717, 1.165) is 19.3 Å². The van der Waals surface area contributed by atoms with Crippen molar-refractivity contribution in [1.29, 1.82) is 0 Å². The van der Waals surface area contributed by atoms with Gasteiger partial charge in [0.05, 0.1) is 0 Å². The summed E-state index contributed by atoms with van der Waals surface area (Å²) in [6.07, 6.45) is 11.3. The Bertz CT molecular complexity index is 325. The highest BCUT2D eigenvalue weighted by atomic mass is 16.4. The number of ketones is 1. The molecule has 0 saturated heterocycles. The molecule has 0 aliphatic carbocycles. The van der Waals surface area contributed by atoms with Gasteiger partial charge in [0.1, 0.15) is 5.92 Å². The van der Waals surface area contributed by atoms with Crippen LogP contribution in [0.2, 0.25) is 0 Å². The third-order valence-corrected chi connectivity index (χ3v) is 3.67. The third kappa shape index (κ3) is 10.0. The maximum Gasteiger partial charge on any atom is 0.373 e. The van der Waals surface area contributed by atoms with Gasteiger partial charge in [-0.25, -0.2) is 4.79 Å². The van der Waals surface area contributed by atoms with Gasteiger partial charge in [-0.05, 0) is 6.42 Å². The fraction of sp³-hybridized carbons (Fsp3) is 0.812. The predicted molar refractivity (Wildman–Crippen MR) is 80.2 cm³/mol. The number of unbranched alkanes of at least 4 members (excludes halogenated alkanes) is 9. The van der Waals surface area contributed by atoms with Gasteiger partial charge in [0.25, 0.3) is 5.78 Å². The Hall–Kier alpha value is -1.39. The van der Waals surface area contributed by atoms with Gasteiger partial charge < -0.3 is 10.2 Å². The second-order valence-corrected chi connectivity index (χ2v) is 5.53. The SMILES string of the molecule is CCCCCCCCCCCCC(C(=O)O)C(=O)C(=O)O. The van der Waals surface area contributed by atoms with Crippen LogP contribution in [0, 0.1) is 5.92 Å². The van der Waals surface area contributed by atoms with Crippen molar-refractivity contribution < 1.29 is 24.6 Å². The van der Waals surface area contributed by atoms with Gasteiger partial charge in [0.15, 0.2) is 0 Å². The van der Waals surface area contributed by atoms with E-state index in [0.29, 0.717) is 6.42 Å². The number of rotatable bonds is 14. The van der Waals surface area contributed by atoms with Crippen molar-refractivity contribution in [3.05, 3.63) is 0 Å². The maximum absolute atomic E-state index is 11.2. The Kier molecular flexibility index (Phi) is 11.5. The second-order valence-electron chi connectivity index (χ2n) is 5.53. The highest BCUT2D eigenvalue weighted by molar-refractivity contribution is 6.36. The Labute approximate surface area is 126 Å². The Morgan fingerprint density at radius 2 is 1.19 bits per heavy atom. The van der Waals surface area contributed by atoms with Crippen LogP contribution in [0.25, 0.3) is 0 Å². The lowest BCUT2D eigenvalue weighted by molar-refractivity contribution is -0.157. The molecule has 0 aliphatic heterocycles. The summed E-state index contributed by atoms with van der Waals surface area (Å²) in [5.41, 5.74) is 0. The fourth-order valence-electron chi connectivity index (χ4n) is 2.35. The van der Waals surface area contributed by atoms with E-state index in [2.05, 4.69) is 6.92 Å². The number of hydrogen-bond donors (Lipinski definition) is 2. The monoisotopic (exact) mass is 300 g/mol. The zero-order chi connectivity index (χ0) is 16.1. The van der Waals surface area contributed by atoms with E-state index in [-0.39, 0.29) is 6.42 Å². The molecular formula is C16H28O5. The van der Waals surface area contributed by atoms with Crippen molar-refractivity contribution in [3.8, 4) is 0 Å². The van der Waals surface area contributed by atoms with Crippen molar-refractivity contribution in [3.63, 3.8) is 0 Å². The van der Waals surface area contributed by atoms with Crippen molar-refractivity contribution in [2.24, 2.45) is 5.92 Å². The number of carbonyl (C=O) groups excluding carboxylic acids is 1. The van der Waals surface area contributed by atoms with Gasteiger partial charge in [-0.15, -0.1) is 0 Å². The topological polar surface area (TPSA) is 91.7 Å². The van der Waals surface area contributed by atoms with Crippen LogP contribution in [0.5, 0.6) is 0 Å². The molecule has 5 nitrogen and oxygen atoms in total. The van der Waals surface area contributed by atoms with E-state index in [4.69, 9.17) is 10.2 Å². The van der Waals surface area contributed by atoms with Gasteiger partial charge in [0, 0.05) is 0 Å². The summed E-state index contributed by atoms with van der Waals surface area (Å²) < 4.78 is 0. The zero-order valence-corrected chi connectivity index (χ0v) is 13.0. The number of carbonyl (C=O) groups is 3. The molecule has 5 heteroatoms. The quantitative estimate of drug-likeness (QED) is 0.290. The molecule has 0 bridgehead atoms. The minimum Gasteiger partial charge on any atom is -0.481 e. The first-order chi connectivity index (χ1) is 10.0. The van der Waals surface area contributed by atoms with Crippen LogP contribution in [0.3, 0.4) is 0 Å². The number of aliphatic carboxylic acids is 2. The van der Waals surface area contributed by atoms with Crippen molar-refractivity contribution in [1.82, 2.24) is 0 Å². The zero-order valence-electron chi connectivity index (χ0n) is 13.0. The predicted octanol–water partition coefficient (Wildman–Crippen LogP) is 3.65. The van der Waals surface area contributed by atoms with Crippen molar-refractivity contribution in [2.45, 2.75) is 77.6 Å². The summed E-state index contributed by atoms with van der Waals surface area (Å²) in [6, 6.07) is 0.